The van der Waals surface area contributed by atoms with Crippen molar-refractivity contribution in [2.24, 2.45) is 0 Å². The van der Waals surface area contributed by atoms with E-state index >= 15 is 0 Å². The summed E-state index contributed by atoms with van der Waals surface area (Å²) in [5.74, 6) is -0.743. The van der Waals surface area contributed by atoms with Crippen LogP contribution in [0.4, 0.5) is 0 Å². The molecule has 0 amide bonds. The maximum absolute atomic E-state index is 12.6. The summed E-state index contributed by atoms with van der Waals surface area (Å²) in [4.78, 5) is 12.6. The van der Waals surface area contributed by atoms with Crippen LogP contribution in [0.5, 0.6) is 0 Å². The van der Waals surface area contributed by atoms with E-state index in [9.17, 15) is 4.79 Å². The zero-order valence-corrected chi connectivity index (χ0v) is 13.3. The van der Waals surface area contributed by atoms with Crippen LogP contribution in [-0.4, -0.2) is 31.6 Å². The Labute approximate surface area is 141 Å². The van der Waals surface area contributed by atoms with Gasteiger partial charge in [0.15, 0.2) is 5.78 Å². The van der Waals surface area contributed by atoms with Crippen LogP contribution in [0.2, 0.25) is 0 Å². The molecule has 2 unspecified atom stereocenters. The molecule has 23 heavy (non-hydrogen) atoms. The molecule has 0 aromatic heterocycles. The van der Waals surface area contributed by atoms with Gasteiger partial charge in [-0.1, -0.05) is 48.5 Å². The van der Waals surface area contributed by atoms with E-state index in [0.717, 1.165) is 12.1 Å². The van der Waals surface area contributed by atoms with Gasteiger partial charge >= 0.3 is 0 Å². The Kier molecular flexibility index (Phi) is 4.50. The lowest BCUT2D eigenvalue weighted by atomic mass is 9.97. The maximum Gasteiger partial charge on any atom is 0.208 e. The minimum absolute atomic E-state index is 0. The summed E-state index contributed by atoms with van der Waals surface area (Å²) in [5, 5.41) is 3.33. The number of ether oxygens (including phenoxy) is 2. The molecule has 2 aliphatic rings. The molecule has 0 spiro atoms. The Morgan fingerprint density at radius 2 is 1.87 bits per heavy atom. The first-order chi connectivity index (χ1) is 10.8. The fourth-order valence-electron chi connectivity index (χ4n) is 3.06. The largest absolute Gasteiger partial charge is 0.342 e. The average Bonchev–Trinajstić information content (AvgIpc) is 2.90. The van der Waals surface area contributed by atoms with Crippen molar-refractivity contribution >= 4 is 18.2 Å². The first kappa shape index (κ1) is 16.1. The number of benzene rings is 2. The van der Waals surface area contributed by atoms with Crippen molar-refractivity contribution in [3.63, 3.8) is 0 Å². The second-order valence-electron chi connectivity index (χ2n) is 5.71. The lowest BCUT2D eigenvalue weighted by Gasteiger charge is -2.32. The molecule has 1 N–H and O–H groups in total. The molecule has 2 aliphatic heterocycles. The maximum atomic E-state index is 12.6. The molecule has 2 bridgehead atoms. The van der Waals surface area contributed by atoms with Gasteiger partial charge in [0.05, 0.1) is 19.3 Å². The number of hydrogen-bond donors (Lipinski definition) is 1. The number of rotatable bonds is 3. The number of halogens is 1. The highest BCUT2D eigenvalue weighted by atomic mass is 35.5. The summed E-state index contributed by atoms with van der Waals surface area (Å²) >= 11 is 0. The van der Waals surface area contributed by atoms with Crippen molar-refractivity contribution in [1.82, 2.24) is 5.32 Å². The van der Waals surface area contributed by atoms with Crippen LogP contribution in [0.25, 0.3) is 0 Å². The predicted octanol–water partition coefficient (Wildman–Crippen LogP) is 2.51. The summed E-state index contributed by atoms with van der Waals surface area (Å²) in [6.07, 6.45) is 0.0854. The number of fused-ring (bicyclic) bond motifs is 2. The van der Waals surface area contributed by atoms with E-state index in [1.165, 1.54) is 0 Å². The fraction of sp³-hybridized carbons (Fsp3) is 0.278. The van der Waals surface area contributed by atoms with Crippen molar-refractivity contribution in [1.29, 1.82) is 0 Å². The van der Waals surface area contributed by atoms with Crippen molar-refractivity contribution in [3.8, 4) is 0 Å². The normalized spacial score (nSPS) is 25.7. The van der Waals surface area contributed by atoms with Gasteiger partial charge in [0.1, 0.15) is 0 Å². The molecule has 2 saturated heterocycles. The van der Waals surface area contributed by atoms with Gasteiger partial charge in [-0.25, -0.2) is 0 Å². The summed E-state index contributed by atoms with van der Waals surface area (Å²) in [5.41, 5.74) is 2.23. The van der Waals surface area contributed by atoms with Crippen molar-refractivity contribution in [2.75, 3.05) is 19.7 Å². The number of ketones is 1. The highest BCUT2D eigenvalue weighted by Gasteiger charge is 2.46. The van der Waals surface area contributed by atoms with Gasteiger partial charge in [-0.15, -0.1) is 12.4 Å². The quantitative estimate of drug-likeness (QED) is 0.878. The monoisotopic (exact) mass is 331 g/mol. The number of nitrogens with one attached hydrogen (secondary N) is 1. The Balaban J connectivity index is 0.00000156. The molecule has 2 atom stereocenters. The minimum Gasteiger partial charge on any atom is -0.342 e. The van der Waals surface area contributed by atoms with E-state index in [4.69, 9.17) is 9.47 Å². The molecule has 4 nitrogen and oxygen atoms in total. The molecule has 2 aromatic carbocycles. The second kappa shape index (κ2) is 6.42. The van der Waals surface area contributed by atoms with Crippen LogP contribution in [0.15, 0.2) is 54.6 Å². The molecule has 0 saturated carbocycles. The topological polar surface area (TPSA) is 47.6 Å². The van der Waals surface area contributed by atoms with Crippen LogP contribution in [0, 0.1) is 0 Å². The summed E-state index contributed by atoms with van der Waals surface area (Å²) < 4.78 is 11.9. The third-order valence-electron chi connectivity index (χ3n) is 4.19. The Morgan fingerprint density at radius 1 is 1.09 bits per heavy atom. The van der Waals surface area contributed by atoms with Crippen LogP contribution in [-0.2, 0) is 15.3 Å². The zero-order valence-electron chi connectivity index (χ0n) is 12.5. The van der Waals surface area contributed by atoms with Crippen LogP contribution in [0.3, 0.4) is 0 Å². The lowest BCUT2D eigenvalue weighted by molar-refractivity contribution is -0.186. The molecule has 5 heteroatoms. The highest BCUT2D eigenvalue weighted by Crippen LogP contribution is 2.36. The first-order valence-electron chi connectivity index (χ1n) is 7.50. The molecule has 0 radical (unpaired) electrons. The van der Waals surface area contributed by atoms with Gasteiger partial charge in [-0.3, -0.25) is 4.79 Å². The number of carbonyl (C=O) groups is 1. The van der Waals surface area contributed by atoms with E-state index in [2.05, 4.69) is 5.32 Å². The fourth-order valence-corrected chi connectivity index (χ4v) is 3.06. The van der Waals surface area contributed by atoms with Crippen molar-refractivity contribution < 1.29 is 14.3 Å². The molecule has 2 fully saturated rings. The molecule has 2 aromatic rings. The average molecular weight is 332 g/mol. The Hall–Kier alpha value is -1.72. The predicted molar refractivity (Wildman–Crippen MR) is 88.9 cm³/mol. The molecule has 0 aliphatic carbocycles. The minimum atomic E-state index is -0.754. The lowest BCUT2D eigenvalue weighted by Crippen LogP contribution is -2.46. The van der Waals surface area contributed by atoms with Gasteiger partial charge < -0.3 is 14.8 Å². The van der Waals surface area contributed by atoms with Gasteiger partial charge in [0, 0.05) is 23.2 Å². The van der Waals surface area contributed by atoms with Gasteiger partial charge in [-0.2, -0.15) is 0 Å². The van der Waals surface area contributed by atoms with Crippen LogP contribution < -0.4 is 5.32 Å². The standard InChI is InChI=1S/C18H17NO3.ClH/c20-17(13-5-2-1-3-6-13)14-7-4-8-15(9-14)18-12-19-10-16(22-18)11-21-18;/h1-9,16,19H,10-12H2;1H. The smallest absolute Gasteiger partial charge is 0.208 e. The SMILES string of the molecule is Cl.O=C(c1ccccc1)c1cccc(C23CNCC(CO2)O3)c1. The van der Waals surface area contributed by atoms with Crippen molar-refractivity contribution in [2.45, 2.75) is 11.9 Å². The van der Waals surface area contributed by atoms with E-state index in [1.54, 1.807) is 0 Å². The number of hydrogen-bond acceptors (Lipinski definition) is 4. The van der Waals surface area contributed by atoms with E-state index in [1.807, 2.05) is 54.6 Å². The van der Waals surface area contributed by atoms with E-state index in [-0.39, 0.29) is 24.3 Å². The Morgan fingerprint density at radius 3 is 2.70 bits per heavy atom. The third kappa shape index (κ3) is 2.91. The highest BCUT2D eigenvalue weighted by molar-refractivity contribution is 6.09. The van der Waals surface area contributed by atoms with Gasteiger partial charge in [0.2, 0.25) is 5.79 Å². The molecule has 120 valence electrons. The molecular formula is C18H18ClNO3. The third-order valence-corrected chi connectivity index (χ3v) is 4.19. The van der Waals surface area contributed by atoms with Crippen LogP contribution >= 0.6 is 12.4 Å². The zero-order chi connectivity index (χ0) is 15.0. The van der Waals surface area contributed by atoms with Gasteiger partial charge in [0.25, 0.3) is 0 Å². The molecular weight excluding hydrogens is 314 g/mol. The van der Waals surface area contributed by atoms with Crippen molar-refractivity contribution in [3.05, 3.63) is 71.3 Å². The molecule has 4 rings (SSSR count). The molecule has 2 heterocycles. The number of carbonyl (C=O) groups excluding carboxylic acids is 1. The summed E-state index contributed by atoms with van der Waals surface area (Å²) in [7, 11) is 0. The second-order valence-corrected chi connectivity index (χ2v) is 5.71. The first-order valence-corrected chi connectivity index (χ1v) is 7.50. The van der Waals surface area contributed by atoms with Crippen LogP contribution in [0.1, 0.15) is 21.5 Å². The van der Waals surface area contributed by atoms with E-state index in [0.29, 0.717) is 24.3 Å². The van der Waals surface area contributed by atoms with Gasteiger partial charge in [-0.05, 0) is 6.07 Å². The Bertz CT molecular complexity index is 702. The summed E-state index contributed by atoms with van der Waals surface area (Å²) in [6.45, 7) is 2.00. The number of morpholine rings is 1. The van der Waals surface area contributed by atoms with E-state index < -0.39 is 5.79 Å². The summed E-state index contributed by atoms with van der Waals surface area (Å²) in [6, 6.07) is 16.8.